The summed E-state index contributed by atoms with van der Waals surface area (Å²) < 4.78 is 16.8. The van der Waals surface area contributed by atoms with Crippen LogP contribution in [0.5, 0.6) is 0 Å². The van der Waals surface area contributed by atoms with Crippen LogP contribution in [0.15, 0.2) is 54.6 Å². The first-order valence-electron chi connectivity index (χ1n) is 14.2. The fourth-order valence-corrected chi connectivity index (χ4v) is 5.18. The van der Waals surface area contributed by atoms with E-state index in [1.54, 1.807) is 20.8 Å². The molecule has 1 heterocycles. The molecule has 0 radical (unpaired) electrons. The van der Waals surface area contributed by atoms with E-state index in [4.69, 9.17) is 14.2 Å². The Morgan fingerprint density at radius 3 is 2.12 bits per heavy atom. The van der Waals surface area contributed by atoms with Crippen molar-refractivity contribution in [2.75, 3.05) is 38.3 Å². The fraction of sp³-hybridized carbons (Fsp3) is 0.531. The zero-order valence-electron chi connectivity index (χ0n) is 25.1. The summed E-state index contributed by atoms with van der Waals surface area (Å²) in [6.07, 6.45) is -0.734. The first kappa shape index (κ1) is 31.9. The average Bonchev–Trinajstić information content (AvgIpc) is 2.93. The lowest BCUT2D eigenvalue weighted by Crippen LogP contribution is -2.63. The lowest BCUT2D eigenvalue weighted by atomic mass is 9.73. The number of morpholine rings is 1. The number of esters is 1. The van der Waals surface area contributed by atoms with E-state index in [0.717, 1.165) is 34.8 Å². The molecule has 0 aliphatic carbocycles. The van der Waals surface area contributed by atoms with Crippen LogP contribution in [0, 0.1) is 11.8 Å². The van der Waals surface area contributed by atoms with Crippen LogP contribution in [-0.2, 0) is 36.8 Å². The summed E-state index contributed by atoms with van der Waals surface area (Å²) in [5.41, 5.74) is -0.215. The van der Waals surface area contributed by atoms with E-state index in [2.05, 4.69) is 4.90 Å². The van der Waals surface area contributed by atoms with Crippen LogP contribution in [0.4, 0.5) is 10.5 Å². The van der Waals surface area contributed by atoms with E-state index in [0.29, 0.717) is 13.2 Å². The number of carbonyl (C=O) groups excluding carboxylic acids is 2. The largest absolute Gasteiger partial charge is 0.479 e. The van der Waals surface area contributed by atoms with Crippen molar-refractivity contribution in [2.24, 2.45) is 11.8 Å². The Bertz CT molecular complexity index is 1150. The first-order valence-corrected chi connectivity index (χ1v) is 14.2. The van der Waals surface area contributed by atoms with Gasteiger partial charge >= 0.3 is 18.0 Å². The number of amides is 1. The normalized spacial score (nSPS) is 16.0. The molecule has 1 N–H and O–H groups in total. The summed E-state index contributed by atoms with van der Waals surface area (Å²) in [6, 6.07) is 16.9. The number of hydrogen-bond acceptors (Lipinski definition) is 7. The number of benzene rings is 2. The van der Waals surface area contributed by atoms with Gasteiger partial charge in [-0.05, 0) is 62.8 Å². The standard InChI is InChI=1S/C32H44N2O7/c1-23(2)21-32(29(36)37,33(6)30(38)41-31(3,4)5)27(28(35)40-22-25-10-8-7-9-11-25)20-24-12-14-26(15-13-24)34-16-18-39-19-17-34/h7-15,23,27H,16-22H2,1-6H3,(H,36,37)/t27-,32-/m0/s1. The van der Waals surface area contributed by atoms with E-state index < -0.39 is 35.1 Å². The molecule has 0 aromatic heterocycles. The van der Waals surface area contributed by atoms with Gasteiger partial charge in [-0.25, -0.2) is 9.59 Å². The summed E-state index contributed by atoms with van der Waals surface area (Å²) in [7, 11) is 1.39. The molecule has 224 valence electrons. The van der Waals surface area contributed by atoms with E-state index in [-0.39, 0.29) is 25.4 Å². The number of carboxylic acids is 1. The molecule has 2 aromatic carbocycles. The van der Waals surface area contributed by atoms with Crippen molar-refractivity contribution in [3.8, 4) is 0 Å². The third-order valence-electron chi connectivity index (χ3n) is 7.19. The molecule has 1 aliphatic rings. The summed E-state index contributed by atoms with van der Waals surface area (Å²) in [5.74, 6) is -3.35. The van der Waals surface area contributed by atoms with Crippen molar-refractivity contribution in [3.05, 3.63) is 65.7 Å². The monoisotopic (exact) mass is 568 g/mol. The van der Waals surface area contributed by atoms with Gasteiger partial charge in [-0.15, -0.1) is 0 Å². The van der Waals surface area contributed by atoms with E-state index >= 15 is 0 Å². The second kappa shape index (κ2) is 13.9. The second-order valence-electron chi connectivity index (χ2n) is 12.0. The number of hydrogen-bond donors (Lipinski definition) is 1. The van der Waals surface area contributed by atoms with E-state index in [1.807, 2.05) is 68.4 Å². The highest BCUT2D eigenvalue weighted by atomic mass is 16.6. The number of anilines is 1. The molecule has 2 aromatic rings. The van der Waals surface area contributed by atoms with Crippen LogP contribution in [0.2, 0.25) is 0 Å². The number of ether oxygens (including phenoxy) is 3. The maximum atomic E-state index is 13.9. The molecule has 0 saturated carbocycles. The lowest BCUT2D eigenvalue weighted by Gasteiger charge is -2.44. The minimum atomic E-state index is -1.92. The third-order valence-corrected chi connectivity index (χ3v) is 7.19. The molecule has 1 saturated heterocycles. The maximum Gasteiger partial charge on any atom is 0.411 e. The quantitative estimate of drug-likeness (QED) is 0.371. The molecule has 41 heavy (non-hydrogen) atoms. The molecule has 9 nitrogen and oxygen atoms in total. The van der Waals surface area contributed by atoms with Crippen LogP contribution in [0.25, 0.3) is 0 Å². The summed E-state index contributed by atoms with van der Waals surface area (Å²) in [4.78, 5) is 43.8. The minimum absolute atomic E-state index is 0.0142. The number of aliphatic carboxylic acids is 1. The highest BCUT2D eigenvalue weighted by molar-refractivity contribution is 5.91. The zero-order valence-corrected chi connectivity index (χ0v) is 25.1. The Morgan fingerprint density at radius 1 is 0.976 bits per heavy atom. The van der Waals surface area contributed by atoms with Gasteiger partial charge in [-0.2, -0.15) is 0 Å². The van der Waals surface area contributed by atoms with Crippen LogP contribution in [0.3, 0.4) is 0 Å². The molecule has 0 bridgehead atoms. The van der Waals surface area contributed by atoms with Crippen molar-refractivity contribution >= 4 is 23.7 Å². The Kier molecular flexibility index (Phi) is 10.8. The predicted octanol–water partition coefficient (Wildman–Crippen LogP) is 5.16. The van der Waals surface area contributed by atoms with Crippen molar-refractivity contribution in [1.29, 1.82) is 0 Å². The Morgan fingerprint density at radius 2 is 1.59 bits per heavy atom. The average molecular weight is 569 g/mol. The molecule has 0 unspecified atom stereocenters. The van der Waals surface area contributed by atoms with Gasteiger partial charge in [0.2, 0.25) is 0 Å². The van der Waals surface area contributed by atoms with Gasteiger partial charge < -0.3 is 24.2 Å². The predicted molar refractivity (Wildman–Crippen MR) is 157 cm³/mol. The molecule has 9 heteroatoms. The smallest absolute Gasteiger partial charge is 0.411 e. The molecule has 1 fully saturated rings. The molecule has 2 atom stereocenters. The van der Waals surface area contributed by atoms with Gasteiger partial charge in [0.25, 0.3) is 0 Å². The van der Waals surface area contributed by atoms with Gasteiger partial charge in [0.1, 0.15) is 12.2 Å². The molecule has 3 rings (SSSR count). The second-order valence-corrected chi connectivity index (χ2v) is 12.0. The van der Waals surface area contributed by atoms with Crippen molar-refractivity contribution in [3.63, 3.8) is 0 Å². The van der Waals surface area contributed by atoms with Gasteiger partial charge in [-0.1, -0.05) is 56.3 Å². The third kappa shape index (κ3) is 8.45. The molecule has 1 amide bonds. The van der Waals surface area contributed by atoms with E-state index in [1.165, 1.54) is 7.05 Å². The highest BCUT2D eigenvalue weighted by Crippen LogP contribution is 2.37. The fourth-order valence-electron chi connectivity index (χ4n) is 5.18. The Labute approximate surface area is 243 Å². The van der Waals surface area contributed by atoms with Crippen LogP contribution in [-0.4, -0.2) is 72.5 Å². The summed E-state index contributed by atoms with van der Waals surface area (Å²) in [5, 5.41) is 10.8. The SMILES string of the molecule is CC(C)C[C@@](C(=O)O)([C@@H](Cc1ccc(N2CCOCC2)cc1)C(=O)OCc1ccccc1)N(C)C(=O)OC(C)(C)C. The zero-order chi connectivity index (χ0) is 30.2. The lowest BCUT2D eigenvalue weighted by molar-refractivity contribution is -0.169. The summed E-state index contributed by atoms with van der Waals surface area (Å²) >= 11 is 0. The maximum absolute atomic E-state index is 13.9. The number of rotatable bonds is 11. The first-order chi connectivity index (χ1) is 19.3. The van der Waals surface area contributed by atoms with Gasteiger partial charge in [0.15, 0.2) is 5.54 Å². The molecular weight excluding hydrogens is 524 g/mol. The van der Waals surface area contributed by atoms with Crippen LogP contribution < -0.4 is 4.90 Å². The van der Waals surface area contributed by atoms with Crippen molar-refractivity contribution in [2.45, 2.75) is 65.2 Å². The number of carboxylic acid groups (broad SMARTS) is 1. The molecule has 1 aliphatic heterocycles. The van der Waals surface area contributed by atoms with Crippen LogP contribution >= 0.6 is 0 Å². The van der Waals surface area contributed by atoms with Crippen LogP contribution in [0.1, 0.15) is 52.2 Å². The van der Waals surface area contributed by atoms with Crippen molar-refractivity contribution < 1.29 is 33.7 Å². The molecule has 0 spiro atoms. The summed E-state index contributed by atoms with van der Waals surface area (Å²) in [6.45, 7) is 11.7. The number of likely N-dealkylation sites (N-methyl/N-ethyl adjacent to an activating group) is 1. The number of carbonyl (C=O) groups is 3. The number of nitrogens with zero attached hydrogens (tertiary/aromatic N) is 2. The van der Waals surface area contributed by atoms with Crippen molar-refractivity contribution in [1.82, 2.24) is 4.90 Å². The van der Waals surface area contributed by atoms with Gasteiger partial charge in [-0.3, -0.25) is 9.69 Å². The van der Waals surface area contributed by atoms with Gasteiger partial charge in [0, 0.05) is 25.8 Å². The van der Waals surface area contributed by atoms with E-state index in [9.17, 15) is 19.5 Å². The van der Waals surface area contributed by atoms with Gasteiger partial charge in [0.05, 0.1) is 19.1 Å². The topological polar surface area (TPSA) is 106 Å². The Hall–Kier alpha value is -3.59. The minimum Gasteiger partial charge on any atom is -0.479 e. The molecular formula is C32H44N2O7. The Balaban J connectivity index is 2.02. The highest BCUT2D eigenvalue weighted by Gasteiger charge is 2.56.